The van der Waals surface area contributed by atoms with Crippen molar-refractivity contribution in [3.63, 3.8) is 0 Å². The largest absolute Gasteiger partial charge is 0.377 e. The molecule has 1 unspecified atom stereocenters. The minimum Gasteiger partial charge on any atom is -0.377 e. The van der Waals surface area contributed by atoms with E-state index in [-0.39, 0.29) is 30.7 Å². The molecule has 1 aliphatic heterocycles. The maximum Gasteiger partial charge on any atom is 0.315 e. The zero-order chi connectivity index (χ0) is 13.8. The number of Topliss-reactive ketones (excluding diaryl/α,β-unsaturated/α-hetero) is 1. The molecule has 1 saturated carbocycles. The number of rotatable bonds is 3. The minimum atomic E-state index is -0.530. The molecule has 7 heteroatoms. The third-order valence-corrected chi connectivity index (χ3v) is 4.32. The van der Waals surface area contributed by atoms with E-state index >= 15 is 0 Å². The lowest BCUT2D eigenvalue weighted by molar-refractivity contribution is -0.133. The van der Waals surface area contributed by atoms with Crippen LogP contribution in [0.3, 0.4) is 0 Å². The van der Waals surface area contributed by atoms with E-state index in [4.69, 9.17) is 16.2 Å². The van der Waals surface area contributed by atoms with E-state index in [0.29, 0.717) is 25.6 Å². The number of carbonyl (C=O) groups is 2. The molecular weight excluding hydrogens is 282 g/mol. The molecule has 2 aliphatic rings. The summed E-state index contributed by atoms with van der Waals surface area (Å²) >= 11 is 0. The monoisotopic (exact) mass is 305 g/mol. The summed E-state index contributed by atoms with van der Waals surface area (Å²) in [6.45, 7) is 1.83. The summed E-state index contributed by atoms with van der Waals surface area (Å²) in [5.74, 6) is 0.671. The van der Waals surface area contributed by atoms with Gasteiger partial charge in [0.25, 0.3) is 0 Å². The molecule has 116 valence electrons. The van der Waals surface area contributed by atoms with E-state index in [1.165, 1.54) is 4.90 Å². The Hall–Kier alpha value is -0.850. The highest BCUT2D eigenvalue weighted by Gasteiger charge is 2.36. The predicted octanol–water partition coefficient (Wildman–Crippen LogP) is 0.522. The standard InChI is InChI=1S/C13H23N3O3.ClH/c14-7-9-1-3-10(4-2-9)12(17)11-8-19-6-5-16(11)13(15)18;/h9-11H,1-8,14H2,(H2,15,18);1H. The number of nitrogens with two attached hydrogens (primary N) is 2. The number of ether oxygens (including phenoxy) is 1. The molecule has 0 bridgehead atoms. The van der Waals surface area contributed by atoms with Gasteiger partial charge in [-0.25, -0.2) is 4.79 Å². The van der Waals surface area contributed by atoms with Crippen LogP contribution in [0.25, 0.3) is 0 Å². The second-order valence-electron chi connectivity index (χ2n) is 5.48. The summed E-state index contributed by atoms with van der Waals surface area (Å²) in [5.41, 5.74) is 11.0. The molecule has 4 N–H and O–H groups in total. The van der Waals surface area contributed by atoms with Crippen LogP contribution in [0.1, 0.15) is 25.7 Å². The third-order valence-electron chi connectivity index (χ3n) is 4.32. The van der Waals surface area contributed by atoms with Gasteiger partial charge in [-0.2, -0.15) is 0 Å². The van der Waals surface area contributed by atoms with Crippen molar-refractivity contribution in [2.45, 2.75) is 31.7 Å². The van der Waals surface area contributed by atoms with E-state index in [9.17, 15) is 9.59 Å². The van der Waals surface area contributed by atoms with Crippen LogP contribution in [0.5, 0.6) is 0 Å². The smallest absolute Gasteiger partial charge is 0.315 e. The van der Waals surface area contributed by atoms with Crippen molar-refractivity contribution < 1.29 is 14.3 Å². The molecule has 2 rings (SSSR count). The van der Waals surface area contributed by atoms with Crippen molar-refractivity contribution >= 4 is 24.2 Å². The maximum atomic E-state index is 12.5. The highest BCUT2D eigenvalue weighted by Crippen LogP contribution is 2.30. The van der Waals surface area contributed by atoms with Gasteiger partial charge in [0.05, 0.1) is 13.2 Å². The van der Waals surface area contributed by atoms with Gasteiger partial charge < -0.3 is 21.1 Å². The van der Waals surface area contributed by atoms with Crippen LogP contribution in [-0.4, -0.2) is 49.1 Å². The van der Waals surface area contributed by atoms with Gasteiger partial charge in [-0.05, 0) is 38.1 Å². The van der Waals surface area contributed by atoms with Gasteiger partial charge in [0.1, 0.15) is 6.04 Å². The average Bonchev–Trinajstić information content (AvgIpc) is 2.46. The van der Waals surface area contributed by atoms with Crippen molar-refractivity contribution in [2.24, 2.45) is 23.3 Å². The lowest BCUT2D eigenvalue weighted by Crippen LogP contribution is -2.56. The summed E-state index contributed by atoms with van der Waals surface area (Å²) in [4.78, 5) is 25.3. The second-order valence-corrected chi connectivity index (χ2v) is 5.48. The first-order valence-corrected chi connectivity index (χ1v) is 7.01. The Balaban J connectivity index is 0.00000200. The Bertz CT molecular complexity index is 346. The minimum absolute atomic E-state index is 0. The molecule has 0 spiro atoms. The summed E-state index contributed by atoms with van der Waals surface area (Å²) in [5, 5.41) is 0. The predicted molar refractivity (Wildman–Crippen MR) is 77.7 cm³/mol. The highest BCUT2D eigenvalue weighted by atomic mass is 35.5. The molecule has 20 heavy (non-hydrogen) atoms. The van der Waals surface area contributed by atoms with E-state index in [0.717, 1.165) is 25.7 Å². The third kappa shape index (κ3) is 3.84. The first-order valence-electron chi connectivity index (χ1n) is 7.01. The number of hydrogen-bond donors (Lipinski definition) is 2. The van der Waals surface area contributed by atoms with Crippen LogP contribution in [0.2, 0.25) is 0 Å². The Morgan fingerprint density at radius 1 is 1.20 bits per heavy atom. The number of carbonyl (C=O) groups excluding carboxylic acids is 2. The molecule has 1 aliphatic carbocycles. The summed E-state index contributed by atoms with van der Waals surface area (Å²) in [6, 6.07) is -1.03. The molecule has 0 aromatic heterocycles. The number of ketones is 1. The van der Waals surface area contributed by atoms with Crippen molar-refractivity contribution in [2.75, 3.05) is 26.3 Å². The van der Waals surface area contributed by atoms with E-state index in [2.05, 4.69) is 0 Å². The first kappa shape index (κ1) is 17.2. The van der Waals surface area contributed by atoms with Gasteiger partial charge in [0, 0.05) is 12.5 Å². The average molecular weight is 306 g/mol. The van der Waals surface area contributed by atoms with Crippen LogP contribution in [0.4, 0.5) is 4.79 Å². The Morgan fingerprint density at radius 2 is 1.85 bits per heavy atom. The molecule has 1 atom stereocenters. The molecule has 2 amide bonds. The van der Waals surface area contributed by atoms with Gasteiger partial charge in [0.2, 0.25) is 0 Å². The van der Waals surface area contributed by atoms with Gasteiger partial charge in [0.15, 0.2) is 5.78 Å². The highest BCUT2D eigenvalue weighted by molar-refractivity contribution is 5.90. The quantitative estimate of drug-likeness (QED) is 0.794. The lowest BCUT2D eigenvalue weighted by Gasteiger charge is -2.36. The SMILES string of the molecule is Cl.NCC1CCC(C(=O)C2COCCN2C(N)=O)CC1. The van der Waals surface area contributed by atoms with Crippen LogP contribution in [0, 0.1) is 11.8 Å². The summed E-state index contributed by atoms with van der Waals surface area (Å²) < 4.78 is 5.33. The number of urea groups is 1. The number of nitrogens with zero attached hydrogens (tertiary/aromatic N) is 1. The van der Waals surface area contributed by atoms with Crippen LogP contribution in [-0.2, 0) is 9.53 Å². The maximum absolute atomic E-state index is 12.5. The number of primary amides is 1. The molecule has 1 saturated heterocycles. The fraction of sp³-hybridized carbons (Fsp3) is 0.846. The lowest BCUT2D eigenvalue weighted by atomic mass is 9.78. The van der Waals surface area contributed by atoms with Crippen molar-refractivity contribution in [3.8, 4) is 0 Å². The van der Waals surface area contributed by atoms with Crippen LogP contribution >= 0.6 is 12.4 Å². The van der Waals surface area contributed by atoms with E-state index < -0.39 is 12.1 Å². The topological polar surface area (TPSA) is 98.7 Å². The normalized spacial score (nSPS) is 30.4. The molecule has 2 fully saturated rings. The number of amides is 2. The fourth-order valence-corrected chi connectivity index (χ4v) is 3.06. The van der Waals surface area contributed by atoms with Crippen LogP contribution < -0.4 is 11.5 Å². The van der Waals surface area contributed by atoms with E-state index in [1.807, 2.05) is 0 Å². The summed E-state index contributed by atoms with van der Waals surface area (Å²) in [6.07, 6.45) is 3.72. The van der Waals surface area contributed by atoms with Gasteiger partial charge >= 0.3 is 6.03 Å². The Morgan fingerprint density at radius 3 is 2.40 bits per heavy atom. The van der Waals surface area contributed by atoms with Gasteiger partial charge in [-0.3, -0.25) is 4.79 Å². The fourth-order valence-electron chi connectivity index (χ4n) is 3.06. The Labute approximate surface area is 125 Å². The van der Waals surface area contributed by atoms with E-state index in [1.54, 1.807) is 0 Å². The molecular formula is C13H24ClN3O3. The molecule has 6 nitrogen and oxygen atoms in total. The first-order chi connectivity index (χ1) is 9.13. The van der Waals surface area contributed by atoms with Crippen LogP contribution in [0.15, 0.2) is 0 Å². The Kier molecular flexibility index (Phi) is 6.71. The van der Waals surface area contributed by atoms with Gasteiger partial charge in [-0.15, -0.1) is 12.4 Å². The zero-order valence-electron chi connectivity index (χ0n) is 11.6. The zero-order valence-corrected chi connectivity index (χ0v) is 12.4. The van der Waals surface area contributed by atoms with Crippen molar-refractivity contribution in [3.05, 3.63) is 0 Å². The number of hydrogen-bond acceptors (Lipinski definition) is 4. The molecule has 0 aromatic rings. The number of halogens is 1. The molecule has 0 aromatic carbocycles. The van der Waals surface area contributed by atoms with Crippen molar-refractivity contribution in [1.29, 1.82) is 0 Å². The van der Waals surface area contributed by atoms with Gasteiger partial charge in [-0.1, -0.05) is 0 Å². The summed E-state index contributed by atoms with van der Waals surface area (Å²) in [7, 11) is 0. The number of morpholine rings is 1. The molecule has 1 heterocycles. The second kappa shape index (κ2) is 7.81. The molecule has 0 radical (unpaired) electrons. The van der Waals surface area contributed by atoms with Crippen molar-refractivity contribution in [1.82, 2.24) is 4.90 Å².